The van der Waals surface area contributed by atoms with E-state index in [2.05, 4.69) is 26.0 Å². The fourth-order valence-electron chi connectivity index (χ4n) is 4.16. The van der Waals surface area contributed by atoms with Crippen LogP contribution in [0.3, 0.4) is 0 Å². The van der Waals surface area contributed by atoms with Gasteiger partial charge in [-0.3, -0.25) is 9.48 Å². The number of benzene rings is 1. The number of nitrogens with zero attached hydrogens (tertiary/aromatic N) is 3. The smallest absolute Gasteiger partial charge is 0.408 e. The van der Waals surface area contributed by atoms with Crippen molar-refractivity contribution in [3.05, 3.63) is 35.6 Å². The molecule has 0 saturated carbocycles. The number of carbonyl (C=O) groups excluding carboxylic acids is 2. The molecule has 5 N–H and O–H groups in total. The third kappa shape index (κ3) is 6.05. The lowest BCUT2D eigenvalue weighted by molar-refractivity contribution is 0.0317. The third-order valence-electron chi connectivity index (χ3n) is 5.89. The number of hydrogen-bond acceptors (Lipinski definition) is 9. The minimum atomic E-state index is -0.846. The number of aromatic nitrogens is 3. The summed E-state index contributed by atoms with van der Waals surface area (Å²) in [5, 5.41) is 13.9. The second-order valence-corrected chi connectivity index (χ2v) is 9.94. The number of aryl methyl sites for hydroxylation is 1. The van der Waals surface area contributed by atoms with Crippen LogP contribution in [0, 0.1) is 5.82 Å². The van der Waals surface area contributed by atoms with E-state index in [1.807, 2.05) is 6.07 Å². The SMILES string of the molecule is COc1nn(C)c2ccc(Nc3nc(N[C@@H]4CCOC[C@@H]4NC(=O)OC(C)(C)C)c(F)cc3C(N)=O)cc12. The molecule has 12 nitrogen and oxygen atoms in total. The maximum Gasteiger partial charge on any atom is 0.408 e. The Hall–Kier alpha value is -4.13. The molecule has 1 aliphatic rings. The summed E-state index contributed by atoms with van der Waals surface area (Å²) in [6.07, 6.45) is -0.139. The lowest BCUT2D eigenvalue weighted by Gasteiger charge is -2.33. The number of ether oxygens (including phenoxy) is 3. The Morgan fingerprint density at radius 2 is 1.97 bits per heavy atom. The largest absolute Gasteiger partial charge is 0.479 e. The fraction of sp³-hybridized carbons (Fsp3) is 0.440. The molecule has 0 aliphatic carbocycles. The lowest BCUT2D eigenvalue weighted by atomic mass is 10.0. The van der Waals surface area contributed by atoms with Crippen molar-refractivity contribution in [3.63, 3.8) is 0 Å². The summed E-state index contributed by atoms with van der Waals surface area (Å²) in [7, 11) is 3.32. The molecule has 0 bridgehead atoms. The first kappa shape index (κ1) is 26.9. The second kappa shape index (κ2) is 10.7. The van der Waals surface area contributed by atoms with Crippen LogP contribution in [0.1, 0.15) is 37.6 Å². The Labute approximate surface area is 219 Å². The summed E-state index contributed by atoms with van der Waals surface area (Å²) in [5.41, 5.74) is 6.12. The van der Waals surface area contributed by atoms with E-state index in [-0.39, 0.29) is 23.8 Å². The van der Waals surface area contributed by atoms with Crippen LogP contribution in [0.4, 0.5) is 26.5 Å². The molecule has 0 unspecified atom stereocenters. The molecule has 1 saturated heterocycles. The van der Waals surface area contributed by atoms with E-state index in [9.17, 15) is 9.59 Å². The molecule has 0 radical (unpaired) electrons. The zero-order chi connectivity index (χ0) is 27.6. The van der Waals surface area contributed by atoms with Gasteiger partial charge in [0.05, 0.1) is 42.3 Å². The molecule has 4 rings (SSSR count). The van der Waals surface area contributed by atoms with Gasteiger partial charge >= 0.3 is 6.09 Å². The lowest BCUT2D eigenvalue weighted by Crippen LogP contribution is -2.53. The van der Waals surface area contributed by atoms with Crippen molar-refractivity contribution >= 4 is 40.2 Å². The third-order valence-corrected chi connectivity index (χ3v) is 5.89. The van der Waals surface area contributed by atoms with Crippen LogP contribution >= 0.6 is 0 Å². The summed E-state index contributed by atoms with van der Waals surface area (Å²) in [5.74, 6) is -1.23. The molecule has 204 valence electrons. The van der Waals surface area contributed by atoms with Gasteiger partial charge in [0.2, 0.25) is 5.88 Å². The van der Waals surface area contributed by atoms with E-state index in [4.69, 9.17) is 19.9 Å². The molecule has 2 aromatic heterocycles. The monoisotopic (exact) mass is 529 g/mol. The number of methoxy groups -OCH3 is 1. The molecular formula is C25H32FN7O5. The highest BCUT2D eigenvalue weighted by atomic mass is 19.1. The number of anilines is 3. The van der Waals surface area contributed by atoms with E-state index in [1.54, 1.807) is 44.6 Å². The summed E-state index contributed by atoms with van der Waals surface area (Å²) in [4.78, 5) is 28.8. The van der Waals surface area contributed by atoms with Crippen molar-refractivity contribution in [1.29, 1.82) is 0 Å². The Morgan fingerprint density at radius 1 is 1.21 bits per heavy atom. The highest BCUT2D eigenvalue weighted by Gasteiger charge is 2.30. The summed E-state index contributed by atoms with van der Waals surface area (Å²) in [6.45, 7) is 5.89. The average Bonchev–Trinajstić information content (AvgIpc) is 3.15. The number of pyridine rings is 1. The number of nitrogens with one attached hydrogen (secondary N) is 3. The van der Waals surface area contributed by atoms with Crippen LogP contribution in [0.5, 0.6) is 5.88 Å². The van der Waals surface area contributed by atoms with Gasteiger partial charge in [-0.15, -0.1) is 5.10 Å². The molecule has 13 heteroatoms. The van der Waals surface area contributed by atoms with Crippen molar-refractivity contribution in [2.24, 2.45) is 12.8 Å². The fourth-order valence-corrected chi connectivity index (χ4v) is 4.16. The van der Waals surface area contributed by atoms with Crippen LogP contribution in [-0.2, 0) is 16.5 Å². The van der Waals surface area contributed by atoms with E-state index in [0.717, 1.165) is 17.0 Å². The average molecular weight is 530 g/mol. The highest BCUT2D eigenvalue weighted by Crippen LogP contribution is 2.30. The molecular weight excluding hydrogens is 497 g/mol. The van der Waals surface area contributed by atoms with Gasteiger partial charge in [-0.1, -0.05) is 0 Å². The zero-order valence-electron chi connectivity index (χ0n) is 21.9. The number of rotatable bonds is 7. The molecule has 3 heterocycles. The number of nitrogens with two attached hydrogens (primary N) is 1. The Bertz CT molecular complexity index is 1350. The van der Waals surface area contributed by atoms with Gasteiger partial charge in [0.25, 0.3) is 5.91 Å². The first-order valence-electron chi connectivity index (χ1n) is 12.1. The summed E-state index contributed by atoms with van der Waals surface area (Å²) < 4.78 is 32.9. The quantitative estimate of drug-likeness (QED) is 0.361. The first-order valence-corrected chi connectivity index (χ1v) is 12.1. The Morgan fingerprint density at radius 3 is 2.66 bits per heavy atom. The van der Waals surface area contributed by atoms with E-state index >= 15 is 4.39 Å². The van der Waals surface area contributed by atoms with Gasteiger partial charge < -0.3 is 35.9 Å². The molecule has 1 fully saturated rings. The summed E-state index contributed by atoms with van der Waals surface area (Å²) in [6, 6.07) is 5.48. The predicted molar refractivity (Wildman–Crippen MR) is 139 cm³/mol. The predicted octanol–water partition coefficient (Wildman–Crippen LogP) is 3.05. The molecule has 1 aromatic carbocycles. The molecule has 1 aliphatic heterocycles. The van der Waals surface area contributed by atoms with Crippen molar-refractivity contribution in [2.75, 3.05) is 31.0 Å². The van der Waals surface area contributed by atoms with Crippen LogP contribution in [0.25, 0.3) is 10.9 Å². The number of primary amides is 1. The van der Waals surface area contributed by atoms with Gasteiger partial charge in [-0.2, -0.15) is 0 Å². The van der Waals surface area contributed by atoms with Gasteiger partial charge in [-0.05, 0) is 51.5 Å². The summed E-state index contributed by atoms with van der Waals surface area (Å²) >= 11 is 0. The standard InChI is InChI=1S/C25H32FN7O5/c1-25(2,3)38-24(35)30-18-12-37-9-8-17(18)29-22-16(26)11-15(20(27)34)21(31-22)28-13-6-7-19-14(10-13)23(36-5)32-33(19)4/h6-7,10-11,17-18H,8-9,12H2,1-5H3,(H2,27,34)(H,30,35)(H2,28,29,31)/t17-,18+/m1/s1. The first-order chi connectivity index (χ1) is 17.9. The zero-order valence-corrected chi connectivity index (χ0v) is 21.9. The molecule has 2 amide bonds. The number of amides is 2. The van der Waals surface area contributed by atoms with Gasteiger partial charge in [-0.25, -0.2) is 14.2 Å². The molecule has 38 heavy (non-hydrogen) atoms. The molecule has 0 spiro atoms. The van der Waals surface area contributed by atoms with Crippen LogP contribution < -0.4 is 26.4 Å². The van der Waals surface area contributed by atoms with Crippen LogP contribution in [0.2, 0.25) is 0 Å². The maximum atomic E-state index is 15.1. The van der Waals surface area contributed by atoms with Crippen molar-refractivity contribution in [2.45, 2.75) is 44.9 Å². The molecule has 3 aromatic rings. The number of halogens is 1. The van der Waals surface area contributed by atoms with Gasteiger partial charge in [0.15, 0.2) is 11.6 Å². The van der Waals surface area contributed by atoms with E-state index in [1.165, 1.54) is 7.11 Å². The maximum absolute atomic E-state index is 15.1. The molecule has 2 atom stereocenters. The van der Waals surface area contributed by atoms with Gasteiger partial charge in [0.1, 0.15) is 11.4 Å². The van der Waals surface area contributed by atoms with Gasteiger partial charge in [0, 0.05) is 19.3 Å². The minimum absolute atomic E-state index is 0.0623. The second-order valence-electron chi connectivity index (χ2n) is 9.94. The normalized spacial score (nSPS) is 17.6. The highest BCUT2D eigenvalue weighted by molar-refractivity contribution is 5.99. The Kier molecular flexibility index (Phi) is 7.58. The van der Waals surface area contributed by atoms with Crippen LogP contribution in [0.15, 0.2) is 24.3 Å². The van der Waals surface area contributed by atoms with Crippen molar-refractivity contribution < 1.29 is 28.2 Å². The topological polar surface area (TPSA) is 155 Å². The van der Waals surface area contributed by atoms with Crippen molar-refractivity contribution in [1.82, 2.24) is 20.1 Å². The van der Waals surface area contributed by atoms with E-state index in [0.29, 0.717) is 24.6 Å². The number of carbonyl (C=O) groups is 2. The number of fused-ring (bicyclic) bond motifs is 1. The van der Waals surface area contributed by atoms with Crippen molar-refractivity contribution in [3.8, 4) is 5.88 Å². The van der Waals surface area contributed by atoms with Crippen LogP contribution in [-0.4, -0.2) is 64.8 Å². The minimum Gasteiger partial charge on any atom is -0.479 e. The van der Waals surface area contributed by atoms with E-state index < -0.39 is 35.5 Å². The number of hydrogen-bond donors (Lipinski definition) is 4. The Balaban J connectivity index is 1.61. The number of alkyl carbamates (subject to hydrolysis) is 1.